The van der Waals surface area contributed by atoms with Crippen LogP contribution in [0.4, 0.5) is 0 Å². The normalized spacial score (nSPS) is 11.4. The van der Waals surface area contributed by atoms with Crippen LogP contribution >= 0.6 is 0 Å². The van der Waals surface area contributed by atoms with E-state index in [0.29, 0.717) is 11.7 Å². The number of hydrogen-bond donors (Lipinski definition) is 0. The maximum Gasteiger partial charge on any atom is 0.349 e. The molecule has 3 nitrogen and oxygen atoms in total. The topological polar surface area (TPSA) is 35.5 Å². The van der Waals surface area contributed by atoms with E-state index < -0.39 is 5.97 Å². The first-order valence-electron chi connectivity index (χ1n) is 8.31. The van der Waals surface area contributed by atoms with Crippen molar-refractivity contribution < 1.29 is 14.3 Å². The van der Waals surface area contributed by atoms with Gasteiger partial charge in [0, 0.05) is 5.56 Å². The molecule has 2 aromatic rings. The monoisotopic (exact) mass is 326 g/mol. The van der Waals surface area contributed by atoms with E-state index >= 15 is 0 Å². The molecule has 0 saturated carbocycles. The summed E-state index contributed by atoms with van der Waals surface area (Å²) in [7, 11) is 0. The Balaban J connectivity index is 2.06. The molecule has 0 aliphatic heterocycles. The minimum atomic E-state index is -0.398. The van der Waals surface area contributed by atoms with Gasteiger partial charge in [0.15, 0.2) is 6.61 Å². The van der Waals surface area contributed by atoms with Gasteiger partial charge in [0.1, 0.15) is 11.5 Å². The second-order valence-electron chi connectivity index (χ2n) is 7.20. The molecule has 0 bridgehead atoms. The zero-order valence-corrected chi connectivity index (χ0v) is 15.1. The van der Waals surface area contributed by atoms with Crippen molar-refractivity contribution in [2.24, 2.45) is 0 Å². The molecule has 3 heteroatoms. The van der Waals surface area contributed by atoms with Gasteiger partial charge in [-0.1, -0.05) is 71.0 Å². The highest BCUT2D eigenvalue weighted by atomic mass is 16.6. The van der Waals surface area contributed by atoms with E-state index in [9.17, 15) is 4.79 Å². The molecule has 0 amide bonds. The number of ether oxygens (including phenoxy) is 2. The lowest BCUT2D eigenvalue weighted by molar-refractivity contribution is -0.136. The van der Waals surface area contributed by atoms with Gasteiger partial charge in [0.2, 0.25) is 0 Å². The molecular formula is C21H26O3. The quantitative estimate of drug-likeness (QED) is 0.567. The molecule has 2 aromatic carbocycles. The Labute approximate surface area is 144 Å². The van der Waals surface area contributed by atoms with Crippen LogP contribution < -0.4 is 9.47 Å². The van der Waals surface area contributed by atoms with Crippen LogP contribution in [0.3, 0.4) is 0 Å². The number of hydrogen-bond acceptors (Lipinski definition) is 3. The van der Waals surface area contributed by atoms with E-state index in [4.69, 9.17) is 9.47 Å². The molecule has 0 atom stereocenters. The van der Waals surface area contributed by atoms with Crippen molar-refractivity contribution in [3.63, 3.8) is 0 Å². The highest BCUT2D eigenvalue weighted by Gasteiger charge is 2.20. The Morgan fingerprint density at radius 1 is 0.958 bits per heavy atom. The summed E-state index contributed by atoms with van der Waals surface area (Å²) >= 11 is 0. The van der Waals surface area contributed by atoms with Crippen molar-refractivity contribution in [1.82, 2.24) is 0 Å². The van der Waals surface area contributed by atoms with E-state index in [1.54, 1.807) is 0 Å². The van der Waals surface area contributed by atoms with Gasteiger partial charge in [-0.3, -0.25) is 0 Å². The van der Waals surface area contributed by atoms with Gasteiger partial charge >= 0.3 is 5.97 Å². The van der Waals surface area contributed by atoms with Crippen LogP contribution in [0.15, 0.2) is 48.5 Å². The fourth-order valence-electron chi connectivity index (χ4n) is 2.55. The van der Waals surface area contributed by atoms with Gasteiger partial charge < -0.3 is 9.47 Å². The van der Waals surface area contributed by atoms with Gasteiger partial charge in [0.05, 0.1) is 0 Å². The molecule has 0 aliphatic carbocycles. The predicted octanol–water partition coefficient (Wildman–Crippen LogP) is 5.09. The number of carbonyl (C=O) groups excluding carboxylic acids is 1. The van der Waals surface area contributed by atoms with Crippen molar-refractivity contribution in [3.05, 3.63) is 59.7 Å². The van der Waals surface area contributed by atoms with Crippen LogP contribution in [0.1, 0.15) is 51.7 Å². The average Bonchev–Trinajstić information content (AvgIpc) is 2.52. The number of carbonyl (C=O) groups is 1. The summed E-state index contributed by atoms with van der Waals surface area (Å²) < 4.78 is 11.2. The lowest BCUT2D eigenvalue weighted by Gasteiger charge is -2.22. The maximum absolute atomic E-state index is 12.2. The van der Waals surface area contributed by atoms with E-state index in [1.807, 2.05) is 48.5 Å². The molecule has 0 aliphatic rings. The minimum Gasteiger partial charge on any atom is -0.482 e. The molecule has 0 aromatic heterocycles. The van der Waals surface area contributed by atoms with Crippen LogP contribution in [0.2, 0.25) is 0 Å². The number of benzene rings is 2. The molecule has 0 fully saturated rings. The second-order valence-corrected chi connectivity index (χ2v) is 7.20. The van der Waals surface area contributed by atoms with Crippen LogP contribution in [0.5, 0.6) is 11.5 Å². The smallest absolute Gasteiger partial charge is 0.349 e. The Morgan fingerprint density at radius 2 is 1.54 bits per heavy atom. The van der Waals surface area contributed by atoms with Crippen molar-refractivity contribution in [2.75, 3.05) is 6.61 Å². The molecule has 0 N–H and O–H groups in total. The Hall–Kier alpha value is -2.29. The van der Waals surface area contributed by atoms with Crippen molar-refractivity contribution in [2.45, 2.75) is 46.0 Å². The summed E-state index contributed by atoms with van der Waals surface area (Å²) in [5, 5.41) is 0. The predicted molar refractivity (Wildman–Crippen MR) is 96.8 cm³/mol. The largest absolute Gasteiger partial charge is 0.482 e. The molecule has 2 rings (SSSR count). The third-order valence-corrected chi connectivity index (χ3v) is 3.81. The summed E-state index contributed by atoms with van der Waals surface area (Å²) in [6, 6.07) is 15.4. The van der Waals surface area contributed by atoms with Gasteiger partial charge in [-0.2, -0.15) is 0 Å². The summed E-state index contributed by atoms with van der Waals surface area (Å²) in [5.41, 5.74) is 1.99. The van der Waals surface area contributed by atoms with Crippen LogP contribution in [0, 0.1) is 0 Å². The van der Waals surface area contributed by atoms with E-state index in [2.05, 4.69) is 34.6 Å². The van der Waals surface area contributed by atoms with Crippen LogP contribution in [0.25, 0.3) is 0 Å². The van der Waals surface area contributed by atoms with Gasteiger partial charge in [0.25, 0.3) is 0 Å². The van der Waals surface area contributed by atoms with Crippen LogP contribution in [-0.2, 0) is 10.2 Å². The summed E-state index contributed by atoms with van der Waals surface area (Å²) in [4.78, 5) is 12.2. The maximum atomic E-state index is 12.2. The van der Waals surface area contributed by atoms with Crippen molar-refractivity contribution >= 4 is 5.97 Å². The zero-order valence-electron chi connectivity index (χ0n) is 15.1. The first kappa shape index (κ1) is 18.1. The average molecular weight is 326 g/mol. The molecule has 0 spiro atoms. The van der Waals surface area contributed by atoms with Gasteiger partial charge in [-0.25, -0.2) is 4.79 Å². The third kappa shape index (κ3) is 4.60. The number of para-hydroxylation sites is 2. The summed E-state index contributed by atoms with van der Waals surface area (Å²) in [6.45, 7) is 10.4. The lowest BCUT2D eigenvalue weighted by atomic mass is 9.86. The third-order valence-electron chi connectivity index (χ3n) is 3.81. The molecular weight excluding hydrogens is 300 g/mol. The minimum absolute atomic E-state index is 0.0953. The molecule has 0 radical (unpaired) electrons. The molecule has 128 valence electrons. The first-order valence-corrected chi connectivity index (χ1v) is 8.31. The molecule has 0 unspecified atom stereocenters. The Morgan fingerprint density at radius 3 is 2.17 bits per heavy atom. The highest BCUT2D eigenvalue weighted by molar-refractivity contribution is 5.74. The molecule has 0 saturated heterocycles. The van der Waals surface area contributed by atoms with E-state index in [-0.39, 0.29) is 12.0 Å². The lowest BCUT2D eigenvalue weighted by Crippen LogP contribution is -2.21. The summed E-state index contributed by atoms with van der Waals surface area (Å²) in [6.07, 6.45) is 0. The fraction of sp³-hybridized carbons (Fsp3) is 0.381. The Kier molecular flexibility index (Phi) is 5.66. The van der Waals surface area contributed by atoms with Crippen molar-refractivity contribution in [3.8, 4) is 11.5 Å². The standard InChI is InChI=1S/C21H26O3/c1-15(2)16-10-6-8-12-18(16)23-14-20(22)24-19-13-9-7-11-17(19)21(3,4)5/h6-13,15H,14H2,1-5H3. The first-order chi connectivity index (χ1) is 11.3. The second kappa shape index (κ2) is 7.52. The number of rotatable bonds is 5. The molecule has 0 heterocycles. The zero-order chi connectivity index (χ0) is 17.7. The summed E-state index contributed by atoms with van der Waals surface area (Å²) in [5.74, 6) is 1.26. The SMILES string of the molecule is CC(C)c1ccccc1OCC(=O)Oc1ccccc1C(C)(C)C. The fourth-order valence-corrected chi connectivity index (χ4v) is 2.55. The Bertz CT molecular complexity index is 696. The molecule has 24 heavy (non-hydrogen) atoms. The van der Waals surface area contributed by atoms with E-state index in [0.717, 1.165) is 16.9 Å². The van der Waals surface area contributed by atoms with Gasteiger partial charge in [-0.15, -0.1) is 0 Å². The number of esters is 1. The van der Waals surface area contributed by atoms with Gasteiger partial charge in [-0.05, 0) is 29.0 Å². The van der Waals surface area contributed by atoms with Crippen molar-refractivity contribution in [1.29, 1.82) is 0 Å². The van der Waals surface area contributed by atoms with E-state index in [1.165, 1.54) is 0 Å². The highest BCUT2D eigenvalue weighted by Crippen LogP contribution is 2.31. The van der Waals surface area contributed by atoms with Crippen LogP contribution in [-0.4, -0.2) is 12.6 Å².